The highest BCUT2D eigenvalue weighted by atomic mass is 15.1. The van der Waals surface area contributed by atoms with E-state index in [1.165, 1.54) is 63.6 Å². The summed E-state index contributed by atoms with van der Waals surface area (Å²) in [7, 11) is 0. The van der Waals surface area contributed by atoms with Crippen molar-refractivity contribution in [3.63, 3.8) is 0 Å². The fourth-order valence-corrected chi connectivity index (χ4v) is 4.30. The summed E-state index contributed by atoms with van der Waals surface area (Å²) in [6, 6.07) is 0. The molecular weight excluding hydrogens is 310 g/mol. The van der Waals surface area contributed by atoms with E-state index >= 15 is 0 Å². The first kappa shape index (κ1) is 16.7. The van der Waals surface area contributed by atoms with Crippen LogP contribution in [-0.4, -0.2) is 37.5 Å². The number of likely N-dealkylation sites (tertiary alicyclic amines) is 1. The molecule has 5 nitrogen and oxygen atoms in total. The second kappa shape index (κ2) is 8.09. The fraction of sp³-hybridized carbons (Fsp3) is 0.650. The Kier molecular flexibility index (Phi) is 5.40. The molecule has 2 aliphatic rings. The lowest BCUT2D eigenvalue weighted by Crippen LogP contribution is -2.34. The average Bonchev–Trinajstić information content (AvgIpc) is 3.18. The lowest BCUT2D eigenvalue weighted by Gasteiger charge is -2.32. The highest BCUT2D eigenvalue weighted by Crippen LogP contribution is 2.30. The normalized spacial score (nSPS) is 20.8. The van der Waals surface area contributed by atoms with Gasteiger partial charge in [-0.05, 0) is 44.7 Å². The van der Waals surface area contributed by atoms with Crippen molar-refractivity contribution in [1.82, 2.24) is 24.4 Å². The minimum Gasteiger partial charge on any atom is -0.337 e. The van der Waals surface area contributed by atoms with Crippen molar-refractivity contribution in [3.8, 4) is 0 Å². The van der Waals surface area contributed by atoms with E-state index in [0.717, 1.165) is 24.8 Å². The number of nitrogens with zero attached hydrogens (tertiary/aromatic N) is 5. The molecule has 0 aromatic carbocycles. The summed E-state index contributed by atoms with van der Waals surface area (Å²) in [5, 5.41) is 0. The molecule has 5 heteroatoms. The van der Waals surface area contributed by atoms with Gasteiger partial charge >= 0.3 is 0 Å². The summed E-state index contributed by atoms with van der Waals surface area (Å²) in [6.45, 7) is 4.43. The average molecular weight is 339 g/mol. The van der Waals surface area contributed by atoms with Crippen molar-refractivity contribution in [3.05, 3.63) is 42.5 Å². The van der Waals surface area contributed by atoms with Gasteiger partial charge in [0.2, 0.25) is 0 Å². The van der Waals surface area contributed by atoms with Crippen molar-refractivity contribution in [2.24, 2.45) is 5.92 Å². The van der Waals surface area contributed by atoms with Gasteiger partial charge in [-0.25, -0.2) is 15.0 Å². The third-order valence-electron chi connectivity index (χ3n) is 5.84. The molecule has 0 atom stereocenters. The van der Waals surface area contributed by atoms with Crippen molar-refractivity contribution >= 4 is 0 Å². The van der Waals surface area contributed by atoms with Crippen molar-refractivity contribution in [2.75, 3.05) is 13.1 Å². The Bertz CT molecular complexity index is 623. The van der Waals surface area contributed by atoms with Crippen LogP contribution in [0.4, 0.5) is 0 Å². The van der Waals surface area contributed by atoms with E-state index in [1.54, 1.807) is 0 Å². The van der Waals surface area contributed by atoms with Crippen LogP contribution >= 0.6 is 0 Å². The van der Waals surface area contributed by atoms with E-state index in [9.17, 15) is 0 Å². The Hall–Kier alpha value is -1.75. The van der Waals surface area contributed by atoms with Crippen LogP contribution in [0.5, 0.6) is 0 Å². The van der Waals surface area contributed by atoms with Crippen molar-refractivity contribution in [1.29, 1.82) is 0 Å². The molecule has 1 aliphatic carbocycles. The highest BCUT2D eigenvalue weighted by Gasteiger charge is 2.21. The Morgan fingerprint density at radius 2 is 1.72 bits per heavy atom. The summed E-state index contributed by atoms with van der Waals surface area (Å²) in [6.07, 6.45) is 19.1. The summed E-state index contributed by atoms with van der Waals surface area (Å²) in [5.74, 6) is 2.44. The highest BCUT2D eigenvalue weighted by molar-refractivity contribution is 5.08. The second-order valence-corrected chi connectivity index (χ2v) is 7.76. The molecule has 2 fully saturated rings. The largest absolute Gasteiger partial charge is 0.337 e. The Labute approximate surface area is 150 Å². The quantitative estimate of drug-likeness (QED) is 0.834. The molecule has 0 amide bonds. The number of aromatic nitrogens is 4. The van der Waals surface area contributed by atoms with E-state index in [2.05, 4.69) is 43.0 Å². The van der Waals surface area contributed by atoms with Crippen LogP contribution in [0.3, 0.4) is 0 Å². The lowest BCUT2D eigenvalue weighted by atomic mass is 9.89. The molecule has 134 valence electrons. The van der Waals surface area contributed by atoms with Crippen LogP contribution in [0, 0.1) is 5.92 Å². The first-order chi connectivity index (χ1) is 12.4. The van der Waals surface area contributed by atoms with E-state index < -0.39 is 0 Å². The Balaban J connectivity index is 1.25. The maximum atomic E-state index is 4.68. The van der Waals surface area contributed by atoms with Gasteiger partial charge in [0.25, 0.3) is 0 Å². The topological polar surface area (TPSA) is 46.8 Å². The monoisotopic (exact) mass is 339 g/mol. The number of piperidine rings is 1. The second-order valence-electron chi connectivity index (χ2n) is 7.76. The zero-order valence-corrected chi connectivity index (χ0v) is 15.1. The summed E-state index contributed by atoms with van der Waals surface area (Å²) >= 11 is 0. The third-order valence-corrected chi connectivity index (χ3v) is 5.84. The predicted octanol–water partition coefficient (Wildman–Crippen LogP) is 3.63. The summed E-state index contributed by atoms with van der Waals surface area (Å²) in [4.78, 5) is 16.1. The number of imidazole rings is 1. The van der Waals surface area contributed by atoms with E-state index in [4.69, 9.17) is 0 Å². The molecule has 0 bridgehead atoms. The maximum Gasteiger partial charge on any atom is 0.131 e. The van der Waals surface area contributed by atoms with Crippen LogP contribution < -0.4 is 0 Å². The van der Waals surface area contributed by atoms with Gasteiger partial charge in [-0.15, -0.1) is 0 Å². The molecule has 1 saturated heterocycles. The van der Waals surface area contributed by atoms with Crippen LogP contribution in [0.15, 0.2) is 31.1 Å². The molecule has 0 unspecified atom stereocenters. The fourth-order valence-electron chi connectivity index (χ4n) is 4.30. The maximum absolute atomic E-state index is 4.68. The molecule has 0 spiro atoms. The third kappa shape index (κ3) is 4.46. The minimum atomic E-state index is 0.599. The van der Waals surface area contributed by atoms with Gasteiger partial charge in [-0.2, -0.15) is 0 Å². The predicted molar refractivity (Wildman–Crippen MR) is 98.1 cm³/mol. The molecule has 1 saturated carbocycles. The molecule has 25 heavy (non-hydrogen) atoms. The minimum absolute atomic E-state index is 0.599. The van der Waals surface area contributed by atoms with E-state index in [0.29, 0.717) is 5.92 Å². The summed E-state index contributed by atoms with van der Waals surface area (Å²) in [5.41, 5.74) is 1.26. The van der Waals surface area contributed by atoms with Gasteiger partial charge in [0, 0.05) is 49.4 Å². The molecule has 2 aromatic heterocycles. The molecule has 4 rings (SSSR count). The smallest absolute Gasteiger partial charge is 0.131 e. The van der Waals surface area contributed by atoms with Gasteiger partial charge in [-0.1, -0.05) is 19.3 Å². The Morgan fingerprint density at radius 3 is 2.40 bits per heavy atom. The molecule has 0 N–H and O–H groups in total. The molecule has 1 aliphatic heterocycles. The lowest BCUT2D eigenvalue weighted by molar-refractivity contribution is 0.167. The van der Waals surface area contributed by atoms with Crippen molar-refractivity contribution < 1.29 is 0 Å². The number of hydrogen-bond acceptors (Lipinski definition) is 4. The molecule has 2 aromatic rings. The molecule has 0 radical (unpaired) electrons. The zero-order chi connectivity index (χ0) is 16.9. The van der Waals surface area contributed by atoms with Gasteiger partial charge in [0.15, 0.2) is 0 Å². The standard InChI is InChI=1S/C20H29N5/c1-2-4-19(5-3-1)20-22-12-18(13-23-20)15-24-9-6-17(7-10-24)14-25-11-8-21-16-25/h8,11-13,16-17,19H,1-7,9-10,14-15H2. The van der Waals surface area contributed by atoms with Crippen LogP contribution in [0.2, 0.25) is 0 Å². The molecule has 3 heterocycles. The van der Waals surface area contributed by atoms with Crippen LogP contribution in [-0.2, 0) is 13.1 Å². The van der Waals surface area contributed by atoms with E-state index in [-0.39, 0.29) is 0 Å². The zero-order valence-electron chi connectivity index (χ0n) is 15.1. The van der Waals surface area contributed by atoms with Gasteiger partial charge < -0.3 is 4.57 Å². The number of rotatable bonds is 5. The first-order valence-electron chi connectivity index (χ1n) is 9.86. The Morgan fingerprint density at radius 1 is 0.960 bits per heavy atom. The molecular formula is C20H29N5. The first-order valence-corrected chi connectivity index (χ1v) is 9.86. The van der Waals surface area contributed by atoms with Gasteiger partial charge in [-0.3, -0.25) is 4.90 Å². The van der Waals surface area contributed by atoms with Gasteiger partial charge in [0.05, 0.1) is 6.33 Å². The summed E-state index contributed by atoms with van der Waals surface area (Å²) < 4.78 is 2.21. The van der Waals surface area contributed by atoms with Crippen LogP contribution in [0.25, 0.3) is 0 Å². The van der Waals surface area contributed by atoms with Crippen LogP contribution in [0.1, 0.15) is 62.3 Å². The van der Waals surface area contributed by atoms with E-state index in [1.807, 2.05) is 12.5 Å². The van der Waals surface area contributed by atoms with Crippen molar-refractivity contribution in [2.45, 2.75) is 64.0 Å². The van der Waals surface area contributed by atoms with Gasteiger partial charge in [0.1, 0.15) is 5.82 Å². The SMILES string of the molecule is c1cn(CC2CCN(Cc3cnc(C4CCCCC4)nc3)CC2)cn1. The number of hydrogen-bond donors (Lipinski definition) is 0.